The van der Waals surface area contributed by atoms with Crippen LogP contribution in [0.25, 0.3) is 0 Å². The number of amides is 3. The van der Waals surface area contributed by atoms with Gasteiger partial charge in [0.25, 0.3) is 17.7 Å². The van der Waals surface area contributed by atoms with Crippen LogP contribution in [0.3, 0.4) is 0 Å². The fourth-order valence-corrected chi connectivity index (χ4v) is 10.3. The van der Waals surface area contributed by atoms with E-state index in [1.807, 2.05) is 0 Å². The van der Waals surface area contributed by atoms with Crippen LogP contribution in [0.5, 0.6) is 0 Å². The molecule has 6 N–H and O–H groups in total. The minimum absolute atomic E-state index is 0.0220. The lowest BCUT2D eigenvalue weighted by Gasteiger charge is -2.15. The first-order valence-electron chi connectivity index (χ1n) is 36.5. The summed E-state index contributed by atoms with van der Waals surface area (Å²) in [6, 6.07) is 4.87. The molecule has 21 heteroatoms. The summed E-state index contributed by atoms with van der Waals surface area (Å²) < 4.78 is 65.5. The Labute approximate surface area is 562 Å². The molecule has 0 bridgehead atoms. The number of aliphatic hydroxyl groups excluding tert-OH is 3. The van der Waals surface area contributed by atoms with Crippen LogP contribution in [0.1, 0.15) is 225 Å². The summed E-state index contributed by atoms with van der Waals surface area (Å²) in [5.41, 5.74) is 0.948. The Morgan fingerprint density at radius 2 is 0.430 bits per heavy atom. The molecule has 0 spiro atoms. The highest BCUT2D eigenvalue weighted by atomic mass is 16.6. The number of nitrogens with one attached hydrogen (secondary N) is 3. The Balaban J connectivity index is 2.45. The monoisotopic (exact) mass is 1330 g/mol. The van der Waals surface area contributed by atoms with E-state index in [4.69, 9.17) is 72.2 Å². The van der Waals surface area contributed by atoms with Crippen molar-refractivity contribution in [2.75, 3.05) is 198 Å². The Bertz CT molecular complexity index is 1570. The molecule has 21 nitrogen and oxygen atoms in total. The third kappa shape index (κ3) is 61.1. The fourth-order valence-electron chi connectivity index (χ4n) is 10.3. The van der Waals surface area contributed by atoms with Crippen LogP contribution in [0.4, 0.5) is 0 Å². The highest BCUT2D eigenvalue weighted by molar-refractivity contribution is 6.04. The van der Waals surface area contributed by atoms with Crippen LogP contribution in [0, 0.1) is 17.8 Å². The minimum Gasteiger partial charge on any atom is -0.394 e. The molecule has 0 saturated heterocycles. The van der Waals surface area contributed by atoms with Crippen molar-refractivity contribution in [2.24, 2.45) is 17.8 Å². The van der Waals surface area contributed by atoms with Gasteiger partial charge in [0.2, 0.25) is 0 Å². The Morgan fingerprint density at radius 3 is 0.634 bits per heavy atom. The van der Waals surface area contributed by atoms with E-state index in [9.17, 15) is 14.4 Å². The summed E-state index contributed by atoms with van der Waals surface area (Å²) in [7, 11) is 0. The molecule has 93 heavy (non-hydrogen) atoms. The lowest BCUT2D eigenvalue weighted by Crippen LogP contribution is -2.30. The first-order chi connectivity index (χ1) is 45.7. The SMILES string of the molecule is CC(CCCCCCCCCOCCOCCOCCOCCO)CCNC(=O)c1cc(C(=O)NCCC(C)CCCCCCCCCOCCOCCOCCOCCO)cc(C(=O)NCCC(C)CCCCCCCCCOCCOCCOCCOCCO)c1. The van der Waals surface area contributed by atoms with Gasteiger partial charge in [-0.2, -0.15) is 0 Å². The lowest BCUT2D eigenvalue weighted by atomic mass is 9.98. The third-order valence-corrected chi connectivity index (χ3v) is 16.0. The smallest absolute Gasteiger partial charge is 0.251 e. The van der Waals surface area contributed by atoms with Gasteiger partial charge in [-0.15, -0.1) is 0 Å². The van der Waals surface area contributed by atoms with Gasteiger partial charge in [0, 0.05) is 56.1 Å². The summed E-state index contributed by atoms with van der Waals surface area (Å²) in [4.78, 5) is 41.2. The average molecular weight is 1330 g/mol. The third-order valence-electron chi connectivity index (χ3n) is 16.0. The van der Waals surface area contributed by atoms with Crippen molar-refractivity contribution in [2.45, 2.75) is 194 Å². The van der Waals surface area contributed by atoms with E-state index in [2.05, 4.69) is 36.7 Å². The molecule has 1 aromatic rings. The van der Waals surface area contributed by atoms with Crippen LogP contribution < -0.4 is 16.0 Å². The quantitative estimate of drug-likeness (QED) is 0.0331. The first-order valence-corrected chi connectivity index (χ1v) is 36.5. The van der Waals surface area contributed by atoms with E-state index < -0.39 is 0 Å². The number of aliphatic hydroxyl groups is 3. The Morgan fingerprint density at radius 1 is 0.258 bits per heavy atom. The predicted molar refractivity (Wildman–Crippen MR) is 367 cm³/mol. The van der Waals surface area contributed by atoms with Gasteiger partial charge in [-0.1, -0.05) is 156 Å². The molecular weight excluding hydrogens is 1190 g/mol. The summed E-state index contributed by atoms with van der Waals surface area (Å²) in [6.07, 6.45) is 30.6. The molecule has 1 rings (SSSR count). The zero-order chi connectivity index (χ0) is 67.2. The van der Waals surface area contributed by atoms with Gasteiger partial charge >= 0.3 is 0 Å². The van der Waals surface area contributed by atoms with Gasteiger partial charge in [0.05, 0.1) is 159 Å². The highest BCUT2D eigenvalue weighted by Crippen LogP contribution is 2.19. The fraction of sp³-hybridized carbons (Fsp3) is 0.875. The largest absolute Gasteiger partial charge is 0.394 e. The first kappa shape index (κ1) is 88.0. The summed E-state index contributed by atoms with van der Waals surface area (Å²) in [5.74, 6) is 0.538. The molecule has 3 unspecified atom stereocenters. The molecular formula is C72H135N3O18. The maximum Gasteiger partial charge on any atom is 0.251 e. The number of ether oxygens (including phenoxy) is 12. The van der Waals surface area contributed by atoms with E-state index in [1.165, 1.54) is 77.0 Å². The van der Waals surface area contributed by atoms with Gasteiger partial charge in [-0.3, -0.25) is 14.4 Å². The lowest BCUT2D eigenvalue weighted by molar-refractivity contribution is -0.00577. The second kappa shape index (κ2) is 70.4. The predicted octanol–water partition coefficient (Wildman–Crippen LogP) is 10.5. The van der Waals surface area contributed by atoms with E-state index in [0.717, 1.165) is 116 Å². The van der Waals surface area contributed by atoms with Crippen molar-refractivity contribution in [1.82, 2.24) is 16.0 Å². The van der Waals surface area contributed by atoms with E-state index in [0.29, 0.717) is 193 Å². The molecule has 1 aromatic carbocycles. The van der Waals surface area contributed by atoms with Gasteiger partial charge < -0.3 is 88.1 Å². The van der Waals surface area contributed by atoms with E-state index in [-0.39, 0.29) is 37.5 Å². The van der Waals surface area contributed by atoms with Crippen molar-refractivity contribution in [3.63, 3.8) is 0 Å². The second-order valence-corrected chi connectivity index (χ2v) is 24.6. The molecule has 546 valence electrons. The normalized spacial score (nSPS) is 12.6. The summed E-state index contributed by atoms with van der Waals surface area (Å²) in [6.45, 7) is 21.1. The van der Waals surface area contributed by atoms with Crippen molar-refractivity contribution >= 4 is 17.7 Å². The highest BCUT2D eigenvalue weighted by Gasteiger charge is 2.18. The van der Waals surface area contributed by atoms with Gasteiger partial charge in [-0.05, 0) is 74.5 Å². The second-order valence-electron chi connectivity index (χ2n) is 24.6. The number of carbonyl (C=O) groups is 3. The molecule has 0 aliphatic rings. The van der Waals surface area contributed by atoms with Crippen molar-refractivity contribution in [1.29, 1.82) is 0 Å². The number of hydrogen-bond donors (Lipinski definition) is 6. The molecule has 0 aliphatic carbocycles. The number of rotatable bonds is 75. The van der Waals surface area contributed by atoms with Crippen LogP contribution in [0.2, 0.25) is 0 Å². The summed E-state index contributed by atoms with van der Waals surface area (Å²) >= 11 is 0. The molecule has 0 fully saturated rings. The maximum absolute atomic E-state index is 13.7. The van der Waals surface area contributed by atoms with Crippen LogP contribution in [-0.2, 0) is 56.8 Å². The zero-order valence-electron chi connectivity index (χ0n) is 58.7. The van der Waals surface area contributed by atoms with Crippen molar-refractivity contribution in [3.05, 3.63) is 34.9 Å². The van der Waals surface area contributed by atoms with Gasteiger partial charge in [0.1, 0.15) is 0 Å². The molecule has 0 aliphatic heterocycles. The number of unbranched alkanes of at least 4 members (excludes halogenated alkanes) is 18. The number of benzene rings is 1. The topological polar surface area (TPSA) is 259 Å². The maximum atomic E-state index is 13.7. The van der Waals surface area contributed by atoms with E-state index >= 15 is 0 Å². The molecule has 0 saturated carbocycles. The average Bonchev–Trinajstić information content (AvgIpc) is 1.92. The van der Waals surface area contributed by atoms with Gasteiger partial charge in [-0.25, -0.2) is 0 Å². The Hall–Kier alpha value is -2.97. The molecule has 3 amide bonds. The molecule has 0 radical (unpaired) electrons. The Kier molecular flexibility index (Phi) is 66.6. The van der Waals surface area contributed by atoms with E-state index in [1.54, 1.807) is 18.2 Å². The van der Waals surface area contributed by atoms with Crippen molar-refractivity contribution in [3.8, 4) is 0 Å². The molecule has 0 heterocycles. The number of carbonyl (C=O) groups excluding carboxylic acids is 3. The summed E-state index contributed by atoms with van der Waals surface area (Å²) in [5, 5.41) is 35.4. The van der Waals surface area contributed by atoms with Crippen LogP contribution in [-0.4, -0.2) is 231 Å². The molecule has 3 atom stereocenters. The van der Waals surface area contributed by atoms with Crippen LogP contribution in [0.15, 0.2) is 18.2 Å². The van der Waals surface area contributed by atoms with Crippen LogP contribution >= 0.6 is 0 Å². The van der Waals surface area contributed by atoms with Crippen molar-refractivity contribution < 1.29 is 86.5 Å². The number of hydrogen-bond acceptors (Lipinski definition) is 18. The zero-order valence-corrected chi connectivity index (χ0v) is 58.7. The minimum atomic E-state index is -0.279. The van der Waals surface area contributed by atoms with Gasteiger partial charge in [0.15, 0.2) is 0 Å². The molecule has 0 aromatic heterocycles. The standard InChI is InChI=1S/C72H135N3O18/c1-64(25-19-13-7-4-10-16-22-37-82-43-49-88-55-58-91-52-46-85-40-34-76)28-31-73-70(79)67-61-68(71(80)74-32-29-65(2)26-20-14-8-5-11-17-23-38-83-44-50-89-56-59-92-53-47-86-41-35-77)63-69(62-67)72(81)75-33-30-66(3)27-21-15-9-6-12-18-24-39-84-45-51-90-57-60-93-54-48-87-42-36-78/h61-66,76-78H,4-60H2,1-3H3,(H,73,79)(H,74,80)(H,75,81).